The van der Waals surface area contributed by atoms with Gasteiger partial charge in [0.05, 0.1) is 0 Å². The van der Waals surface area contributed by atoms with Gasteiger partial charge < -0.3 is 20.1 Å². The predicted molar refractivity (Wildman–Crippen MR) is 124 cm³/mol. The first-order valence-electron chi connectivity index (χ1n) is 12.0. The fourth-order valence-electron chi connectivity index (χ4n) is 5.64. The van der Waals surface area contributed by atoms with Crippen molar-refractivity contribution in [2.45, 2.75) is 96.0 Å². The lowest BCUT2D eigenvalue weighted by atomic mass is 9.63. The number of hydrogen-bond acceptors (Lipinski definition) is 4. The van der Waals surface area contributed by atoms with Gasteiger partial charge in [-0.05, 0) is 67.6 Å². The molecule has 0 saturated heterocycles. The molecule has 0 radical (unpaired) electrons. The lowest BCUT2D eigenvalue weighted by molar-refractivity contribution is 0.00655. The fraction of sp³-hybridized carbons (Fsp3) is 0.704. The SMILES string of the molecule is CCCCCCC(C)(C)c1cc(O)c2c(c1)O[C@@](C)(C#CCO)[C@@H]1CC[C@@H](CO)C[C@@H]21. The Labute approximate surface area is 188 Å². The van der Waals surface area contributed by atoms with Crippen molar-refractivity contribution in [2.24, 2.45) is 11.8 Å². The van der Waals surface area contributed by atoms with Gasteiger partial charge in [-0.1, -0.05) is 58.3 Å². The number of aromatic hydroxyl groups is 1. The van der Waals surface area contributed by atoms with Gasteiger partial charge in [0.2, 0.25) is 0 Å². The topological polar surface area (TPSA) is 69.9 Å². The highest BCUT2D eigenvalue weighted by Gasteiger charge is 2.49. The van der Waals surface area contributed by atoms with Crippen molar-refractivity contribution in [1.29, 1.82) is 0 Å². The molecule has 3 rings (SSSR count). The Kier molecular flexibility index (Phi) is 7.60. The maximum absolute atomic E-state index is 11.1. The van der Waals surface area contributed by atoms with Gasteiger partial charge >= 0.3 is 0 Å². The van der Waals surface area contributed by atoms with E-state index in [1.807, 2.05) is 13.0 Å². The number of benzene rings is 1. The van der Waals surface area contributed by atoms with Gasteiger partial charge in [-0.2, -0.15) is 0 Å². The Morgan fingerprint density at radius 2 is 1.94 bits per heavy atom. The van der Waals surface area contributed by atoms with Crippen molar-refractivity contribution in [3.8, 4) is 23.3 Å². The summed E-state index contributed by atoms with van der Waals surface area (Å²) in [6.45, 7) is 8.67. The highest BCUT2D eigenvalue weighted by molar-refractivity contribution is 5.54. The molecule has 4 nitrogen and oxygen atoms in total. The Morgan fingerprint density at radius 3 is 2.61 bits per heavy atom. The van der Waals surface area contributed by atoms with E-state index in [4.69, 9.17) is 4.74 Å². The van der Waals surface area contributed by atoms with Gasteiger partial charge in [0.1, 0.15) is 18.1 Å². The van der Waals surface area contributed by atoms with E-state index in [0.717, 1.165) is 36.8 Å². The number of hydrogen-bond donors (Lipinski definition) is 3. The molecule has 1 fully saturated rings. The number of aliphatic hydroxyl groups excluding tert-OH is 2. The van der Waals surface area contributed by atoms with Crippen molar-refractivity contribution in [3.63, 3.8) is 0 Å². The van der Waals surface area contributed by atoms with E-state index in [0.29, 0.717) is 11.5 Å². The molecule has 1 aliphatic carbocycles. The molecule has 31 heavy (non-hydrogen) atoms. The van der Waals surface area contributed by atoms with Gasteiger partial charge in [-0.15, -0.1) is 0 Å². The van der Waals surface area contributed by atoms with E-state index in [1.165, 1.54) is 25.7 Å². The molecule has 3 N–H and O–H groups in total. The zero-order valence-electron chi connectivity index (χ0n) is 19.7. The molecule has 0 bridgehead atoms. The Balaban J connectivity index is 1.99. The minimum atomic E-state index is -0.711. The van der Waals surface area contributed by atoms with Crippen molar-refractivity contribution in [3.05, 3.63) is 23.3 Å². The minimum Gasteiger partial charge on any atom is -0.508 e. The first-order chi connectivity index (χ1) is 14.8. The maximum atomic E-state index is 11.1. The van der Waals surface area contributed by atoms with Crippen molar-refractivity contribution < 1.29 is 20.1 Å². The smallest absolute Gasteiger partial charge is 0.169 e. The molecule has 0 unspecified atom stereocenters. The van der Waals surface area contributed by atoms with Crippen LogP contribution in [0.1, 0.15) is 96.1 Å². The molecule has 1 saturated carbocycles. The third kappa shape index (κ3) is 5.04. The third-order valence-electron chi connectivity index (χ3n) is 7.59. The van der Waals surface area contributed by atoms with Crippen LogP contribution in [-0.4, -0.2) is 34.1 Å². The molecule has 0 amide bonds. The van der Waals surface area contributed by atoms with Crippen LogP contribution in [0.2, 0.25) is 0 Å². The van der Waals surface area contributed by atoms with E-state index in [1.54, 1.807) is 0 Å². The summed E-state index contributed by atoms with van der Waals surface area (Å²) in [6, 6.07) is 4.04. The lowest BCUT2D eigenvalue weighted by Gasteiger charge is -2.48. The molecule has 2 aliphatic rings. The lowest BCUT2D eigenvalue weighted by Crippen LogP contribution is -2.48. The summed E-state index contributed by atoms with van der Waals surface area (Å²) in [5.74, 6) is 7.47. The quantitative estimate of drug-likeness (QED) is 0.408. The number of fused-ring (bicyclic) bond motifs is 3. The van der Waals surface area contributed by atoms with E-state index >= 15 is 0 Å². The van der Waals surface area contributed by atoms with Gasteiger partial charge in [-0.25, -0.2) is 0 Å². The summed E-state index contributed by atoms with van der Waals surface area (Å²) in [5.41, 5.74) is 1.19. The zero-order valence-corrected chi connectivity index (χ0v) is 19.7. The number of phenolic OH excluding ortho intramolecular Hbond substituents is 1. The second kappa shape index (κ2) is 9.84. The van der Waals surface area contributed by atoms with Crippen LogP contribution in [0.15, 0.2) is 12.1 Å². The first kappa shape index (κ1) is 24.0. The molecule has 4 heteroatoms. The number of phenols is 1. The molecular formula is C27H40O4. The number of aliphatic hydroxyl groups is 2. The predicted octanol–water partition coefficient (Wildman–Crippen LogP) is 5.28. The van der Waals surface area contributed by atoms with Crippen LogP contribution in [0.5, 0.6) is 11.5 Å². The molecular weight excluding hydrogens is 388 g/mol. The summed E-state index contributed by atoms with van der Waals surface area (Å²) in [7, 11) is 0. The van der Waals surface area contributed by atoms with Gasteiger partial charge in [-0.3, -0.25) is 0 Å². The average Bonchev–Trinajstić information content (AvgIpc) is 2.74. The summed E-state index contributed by atoms with van der Waals surface area (Å²) < 4.78 is 6.51. The first-order valence-corrected chi connectivity index (χ1v) is 12.0. The van der Waals surface area contributed by atoms with Crippen molar-refractivity contribution >= 4 is 0 Å². The Hall–Kier alpha value is -1.70. The van der Waals surface area contributed by atoms with E-state index in [-0.39, 0.29) is 36.4 Å². The highest BCUT2D eigenvalue weighted by Crippen LogP contribution is 2.56. The summed E-state index contributed by atoms with van der Waals surface area (Å²) in [4.78, 5) is 0. The number of rotatable bonds is 7. The number of unbranched alkanes of at least 4 members (excludes halogenated alkanes) is 3. The highest BCUT2D eigenvalue weighted by atomic mass is 16.5. The van der Waals surface area contributed by atoms with Crippen LogP contribution >= 0.6 is 0 Å². The summed E-state index contributed by atoms with van der Waals surface area (Å²) >= 11 is 0. The molecule has 1 heterocycles. The van der Waals surface area contributed by atoms with Crippen molar-refractivity contribution in [2.75, 3.05) is 13.2 Å². The standard InChI is InChI=1S/C27H40O4/c1-5-6-7-8-12-26(2,3)20-16-23(30)25-21-15-19(18-29)10-11-22(21)27(4,13-9-14-28)31-24(25)17-20/h16-17,19,21-22,28-30H,5-8,10-12,14-15,18H2,1-4H3/t19-,21-,22-,27+/m1/s1. The van der Waals surface area contributed by atoms with Crippen LogP contribution in [0, 0.1) is 23.7 Å². The normalized spacial score (nSPS) is 27.5. The van der Waals surface area contributed by atoms with Crippen LogP contribution in [0.4, 0.5) is 0 Å². The Bertz CT molecular complexity index is 819. The van der Waals surface area contributed by atoms with Crippen LogP contribution in [-0.2, 0) is 5.41 Å². The second-order valence-corrected chi connectivity index (χ2v) is 10.3. The van der Waals surface area contributed by atoms with Crippen LogP contribution < -0.4 is 4.74 Å². The molecule has 4 atom stereocenters. The maximum Gasteiger partial charge on any atom is 0.169 e. The Morgan fingerprint density at radius 1 is 1.16 bits per heavy atom. The van der Waals surface area contributed by atoms with Gasteiger partial charge in [0.15, 0.2) is 5.60 Å². The van der Waals surface area contributed by atoms with E-state index < -0.39 is 5.60 Å². The number of ether oxygens (including phenoxy) is 1. The largest absolute Gasteiger partial charge is 0.508 e. The molecule has 0 spiro atoms. The van der Waals surface area contributed by atoms with E-state index in [2.05, 4.69) is 38.7 Å². The minimum absolute atomic E-state index is 0.0617. The summed E-state index contributed by atoms with van der Waals surface area (Å²) in [5, 5.41) is 30.2. The van der Waals surface area contributed by atoms with Gasteiger partial charge in [0, 0.05) is 18.1 Å². The molecule has 1 aromatic carbocycles. The van der Waals surface area contributed by atoms with Gasteiger partial charge in [0.25, 0.3) is 0 Å². The zero-order chi connectivity index (χ0) is 22.6. The second-order valence-electron chi connectivity index (χ2n) is 10.3. The van der Waals surface area contributed by atoms with Crippen molar-refractivity contribution in [1.82, 2.24) is 0 Å². The fourth-order valence-corrected chi connectivity index (χ4v) is 5.64. The average molecular weight is 429 g/mol. The van der Waals surface area contributed by atoms with Crippen LogP contribution in [0.25, 0.3) is 0 Å². The molecule has 172 valence electrons. The van der Waals surface area contributed by atoms with E-state index in [9.17, 15) is 15.3 Å². The molecule has 0 aromatic heterocycles. The monoisotopic (exact) mass is 428 g/mol. The third-order valence-corrected chi connectivity index (χ3v) is 7.59. The molecule has 1 aromatic rings. The van der Waals surface area contributed by atoms with Crippen LogP contribution in [0.3, 0.4) is 0 Å². The molecule has 1 aliphatic heterocycles. The summed E-state index contributed by atoms with van der Waals surface area (Å²) in [6.07, 6.45) is 8.57.